The van der Waals surface area contributed by atoms with E-state index < -0.39 is 6.23 Å². The molecule has 0 aliphatic carbocycles. The number of aromatic nitrogens is 1. The van der Waals surface area contributed by atoms with Crippen LogP contribution in [0.1, 0.15) is 30.2 Å². The molecule has 1 aliphatic heterocycles. The van der Waals surface area contributed by atoms with Crippen LogP contribution in [-0.4, -0.2) is 34.3 Å². The van der Waals surface area contributed by atoms with Gasteiger partial charge in [0.2, 0.25) is 0 Å². The van der Waals surface area contributed by atoms with Gasteiger partial charge in [0.25, 0.3) is 0 Å². The van der Waals surface area contributed by atoms with Gasteiger partial charge >= 0.3 is 0 Å². The van der Waals surface area contributed by atoms with Crippen molar-refractivity contribution in [1.29, 1.82) is 0 Å². The number of benzene rings is 1. The molecule has 0 radical (unpaired) electrons. The van der Waals surface area contributed by atoms with Crippen LogP contribution >= 0.6 is 11.3 Å². The molecule has 2 unspecified atom stereocenters. The van der Waals surface area contributed by atoms with Crippen molar-refractivity contribution >= 4 is 16.5 Å². The molecule has 2 aromatic rings. The maximum atomic E-state index is 13.3. The molecule has 0 spiro atoms. The van der Waals surface area contributed by atoms with Crippen molar-refractivity contribution in [2.24, 2.45) is 5.92 Å². The number of aliphatic hydroxyl groups is 1. The van der Waals surface area contributed by atoms with Gasteiger partial charge in [-0.05, 0) is 56.3 Å². The lowest BCUT2D eigenvalue weighted by Gasteiger charge is -2.32. The standard InChI is InChI=1S/C18H24FN3OS/c1-13(23)21-18-20-10-17(24-18)12-22-7-3-5-15(11-22)8-14-4-2-6-16(19)9-14/h2,4,6,9-10,13,15,23H,3,5,7-8,11-12H2,1H3,(H,20,21). The Labute approximate surface area is 146 Å². The van der Waals surface area contributed by atoms with Crippen molar-refractivity contribution in [2.75, 3.05) is 18.4 Å². The van der Waals surface area contributed by atoms with E-state index in [9.17, 15) is 9.50 Å². The number of hydrogen-bond donors (Lipinski definition) is 2. The second kappa shape index (κ2) is 8.05. The summed E-state index contributed by atoms with van der Waals surface area (Å²) in [4.78, 5) is 7.95. The third-order valence-electron chi connectivity index (χ3n) is 4.28. The minimum Gasteiger partial charge on any atom is -0.374 e. The number of anilines is 1. The summed E-state index contributed by atoms with van der Waals surface area (Å²) >= 11 is 1.59. The van der Waals surface area contributed by atoms with Gasteiger partial charge in [0.1, 0.15) is 12.0 Å². The number of halogens is 1. The summed E-state index contributed by atoms with van der Waals surface area (Å²) < 4.78 is 13.3. The third-order valence-corrected chi connectivity index (χ3v) is 5.20. The first-order valence-corrected chi connectivity index (χ1v) is 9.26. The number of hydrogen-bond acceptors (Lipinski definition) is 5. The monoisotopic (exact) mass is 349 g/mol. The highest BCUT2D eigenvalue weighted by Gasteiger charge is 2.21. The molecule has 3 rings (SSSR count). The van der Waals surface area contributed by atoms with Crippen LogP contribution in [0.2, 0.25) is 0 Å². The van der Waals surface area contributed by atoms with Crippen molar-refractivity contribution in [2.45, 2.75) is 39.0 Å². The van der Waals surface area contributed by atoms with E-state index in [-0.39, 0.29) is 5.82 Å². The average Bonchev–Trinajstić information content (AvgIpc) is 2.94. The highest BCUT2D eigenvalue weighted by Crippen LogP contribution is 2.25. The number of rotatable bonds is 6. The minimum atomic E-state index is -0.588. The normalized spacial score (nSPS) is 20.0. The molecule has 6 heteroatoms. The number of nitrogens with one attached hydrogen (secondary N) is 1. The van der Waals surface area contributed by atoms with Crippen molar-refractivity contribution in [1.82, 2.24) is 9.88 Å². The Morgan fingerprint density at radius 3 is 3.17 bits per heavy atom. The molecule has 1 aromatic heterocycles. The van der Waals surface area contributed by atoms with Gasteiger partial charge in [-0.3, -0.25) is 4.90 Å². The smallest absolute Gasteiger partial charge is 0.184 e. The van der Waals surface area contributed by atoms with E-state index in [2.05, 4.69) is 15.2 Å². The number of nitrogens with zero attached hydrogens (tertiary/aromatic N) is 2. The predicted molar refractivity (Wildman–Crippen MR) is 95.5 cm³/mol. The van der Waals surface area contributed by atoms with E-state index in [1.165, 1.54) is 23.8 Å². The van der Waals surface area contributed by atoms with Crippen LogP contribution < -0.4 is 5.32 Å². The number of thiazole rings is 1. The zero-order chi connectivity index (χ0) is 16.9. The molecule has 2 atom stereocenters. The molecule has 4 nitrogen and oxygen atoms in total. The fraction of sp³-hybridized carbons (Fsp3) is 0.500. The first-order valence-electron chi connectivity index (χ1n) is 8.44. The lowest BCUT2D eigenvalue weighted by molar-refractivity contribution is 0.168. The quantitative estimate of drug-likeness (QED) is 0.784. The molecular weight excluding hydrogens is 325 g/mol. The van der Waals surface area contributed by atoms with Crippen LogP contribution in [0, 0.1) is 11.7 Å². The van der Waals surface area contributed by atoms with E-state index in [0.29, 0.717) is 5.92 Å². The molecule has 1 aliphatic rings. The maximum Gasteiger partial charge on any atom is 0.184 e. The van der Waals surface area contributed by atoms with Gasteiger partial charge in [-0.1, -0.05) is 12.1 Å². The Kier molecular flexibility index (Phi) is 5.81. The summed E-state index contributed by atoms with van der Waals surface area (Å²) in [6.07, 6.45) is 4.61. The van der Waals surface area contributed by atoms with Gasteiger partial charge in [0.05, 0.1) is 0 Å². The molecule has 2 heterocycles. The van der Waals surface area contributed by atoms with Gasteiger partial charge in [0, 0.05) is 24.2 Å². The van der Waals surface area contributed by atoms with Crippen LogP contribution in [0.15, 0.2) is 30.5 Å². The van der Waals surface area contributed by atoms with Crippen LogP contribution in [0.4, 0.5) is 9.52 Å². The fourth-order valence-electron chi connectivity index (χ4n) is 3.31. The Morgan fingerprint density at radius 1 is 1.50 bits per heavy atom. The number of aliphatic hydroxyl groups excluding tert-OH is 1. The molecule has 130 valence electrons. The van der Waals surface area contributed by atoms with Gasteiger partial charge < -0.3 is 10.4 Å². The van der Waals surface area contributed by atoms with E-state index in [1.54, 1.807) is 30.4 Å². The largest absolute Gasteiger partial charge is 0.374 e. The zero-order valence-electron chi connectivity index (χ0n) is 13.9. The summed E-state index contributed by atoms with van der Waals surface area (Å²) in [7, 11) is 0. The topological polar surface area (TPSA) is 48.4 Å². The SMILES string of the molecule is CC(O)Nc1ncc(CN2CCCC(Cc3cccc(F)c3)C2)s1. The van der Waals surface area contributed by atoms with Crippen LogP contribution in [0.5, 0.6) is 0 Å². The van der Waals surface area contributed by atoms with Gasteiger partial charge in [-0.15, -0.1) is 11.3 Å². The third kappa shape index (κ3) is 5.00. The second-order valence-corrected chi connectivity index (χ2v) is 7.64. The first-order chi connectivity index (χ1) is 11.6. The highest BCUT2D eigenvalue weighted by atomic mass is 32.1. The minimum absolute atomic E-state index is 0.150. The molecule has 0 bridgehead atoms. The fourth-order valence-corrected chi connectivity index (χ4v) is 4.24. The summed E-state index contributed by atoms with van der Waals surface area (Å²) in [5.41, 5.74) is 1.09. The molecule has 1 saturated heterocycles. The Hall–Kier alpha value is -1.50. The molecular formula is C18H24FN3OS. The molecule has 2 N–H and O–H groups in total. The lowest BCUT2D eigenvalue weighted by atomic mass is 9.91. The summed E-state index contributed by atoms with van der Waals surface area (Å²) in [5.74, 6) is 0.423. The molecule has 1 aromatic carbocycles. The van der Waals surface area contributed by atoms with E-state index in [4.69, 9.17) is 0 Å². The van der Waals surface area contributed by atoms with Crippen molar-refractivity contribution in [3.8, 4) is 0 Å². The summed E-state index contributed by atoms with van der Waals surface area (Å²) in [6.45, 7) is 4.70. The van der Waals surface area contributed by atoms with Crippen molar-refractivity contribution in [3.05, 3.63) is 46.7 Å². The highest BCUT2D eigenvalue weighted by molar-refractivity contribution is 7.15. The zero-order valence-corrected chi connectivity index (χ0v) is 14.7. The Balaban J connectivity index is 1.54. The predicted octanol–water partition coefficient (Wildman–Crippen LogP) is 3.49. The average molecular weight is 349 g/mol. The lowest BCUT2D eigenvalue weighted by Crippen LogP contribution is -2.35. The van der Waals surface area contributed by atoms with Crippen molar-refractivity contribution in [3.63, 3.8) is 0 Å². The number of likely N-dealkylation sites (tertiary alicyclic amines) is 1. The van der Waals surface area contributed by atoms with Gasteiger partial charge in [0.15, 0.2) is 5.13 Å². The second-order valence-electron chi connectivity index (χ2n) is 6.53. The Morgan fingerprint density at radius 2 is 2.38 bits per heavy atom. The van der Waals surface area contributed by atoms with Crippen LogP contribution in [-0.2, 0) is 13.0 Å². The van der Waals surface area contributed by atoms with Crippen LogP contribution in [0.3, 0.4) is 0 Å². The van der Waals surface area contributed by atoms with E-state index >= 15 is 0 Å². The number of piperidine rings is 1. The van der Waals surface area contributed by atoms with Crippen LogP contribution in [0.25, 0.3) is 0 Å². The van der Waals surface area contributed by atoms with Gasteiger partial charge in [-0.2, -0.15) is 0 Å². The van der Waals surface area contributed by atoms with Crippen molar-refractivity contribution < 1.29 is 9.50 Å². The van der Waals surface area contributed by atoms with Gasteiger partial charge in [-0.25, -0.2) is 9.37 Å². The molecule has 0 saturated carbocycles. The maximum absolute atomic E-state index is 13.3. The first kappa shape index (κ1) is 17.3. The van der Waals surface area contributed by atoms with E-state index in [1.807, 2.05) is 12.3 Å². The summed E-state index contributed by atoms with van der Waals surface area (Å²) in [5, 5.41) is 13.0. The molecule has 24 heavy (non-hydrogen) atoms. The molecule has 0 amide bonds. The van der Waals surface area contributed by atoms with E-state index in [0.717, 1.165) is 36.8 Å². The Bertz CT molecular complexity index is 661. The summed E-state index contributed by atoms with van der Waals surface area (Å²) in [6, 6.07) is 6.95. The molecule has 1 fully saturated rings.